The number of likely N-dealkylation sites (tertiary alicyclic amines) is 1. The van der Waals surface area contributed by atoms with Crippen LogP contribution in [0.5, 0.6) is 0 Å². The molecule has 0 unspecified atom stereocenters. The lowest BCUT2D eigenvalue weighted by Crippen LogP contribution is -2.46. The van der Waals surface area contributed by atoms with Crippen LogP contribution in [0.25, 0.3) is 22.4 Å². The first-order chi connectivity index (χ1) is 23.6. The minimum absolute atomic E-state index is 0. The zero-order valence-electron chi connectivity index (χ0n) is 28.5. The predicted molar refractivity (Wildman–Crippen MR) is 207 cm³/mol. The number of sulfone groups is 1. The molecule has 2 fully saturated rings. The van der Waals surface area contributed by atoms with E-state index in [1.807, 2.05) is 60.7 Å². The Balaban J connectivity index is 0.00000292. The number of methoxy groups -OCH3 is 1. The molecular formula is C36H44N6O6S3. The molecule has 3 amide bonds. The minimum Gasteiger partial charge on any atom is -0.453 e. The van der Waals surface area contributed by atoms with Gasteiger partial charge in [0.05, 0.1) is 36.5 Å². The third kappa shape index (κ3) is 9.73. The molecule has 2 atom stereocenters. The number of benzene rings is 3. The fourth-order valence-corrected chi connectivity index (χ4v) is 7.51. The molecule has 1 aromatic heterocycles. The summed E-state index contributed by atoms with van der Waals surface area (Å²) in [5.41, 5.74) is 6.05. The number of imidazole rings is 1. The van der Waals surface area contributed by atoms with Gasteiger partial charge in [-0.2, -0.15) is 27.0 Å². The van der Waals surface area contributed by atoms with Crippen molar-refractivity contribution in [3.05, 3.63) is 95.9 Å². The Kier molecular flexibility index (Phi) is 13.4. The van der Waals surface area contributed by atoms with Crippen molar-refractivity contribution in [1.29, 1.82) is 0 Å². The number of amides is 3. The van der Waals surface area contributed by atoms with E-state index in [-0.39, 0.29) is 56.4 Å². The number of alkyl carbamates (subject to hydrolysis) is 1. The van der Waals surface area contributed by atoms with Gasteiger partial charge in [-0.25, -0.2) is 18.2 Å². The first kappa shape index (κ1) is 39.5. The Bertz CT molecular complexity index is 1900. The number of hydrogen-bond acceptors (Lipinski definition) is 8. The summed E-state index contributed by atoms with van der Waals surface area (Å²) in [5, 5.41) is 5.49. The van der Waals surface area contributed by atoms with E-state index in [4.69, 9.17) is 0 Å². The minimum atomic E-state index is -2.91. The first-order valence-corrected chi connectivity index (χ1v) is 18.1. The van der Waals surface area contributed by atoms with Gasteiger partial charge in [0.25, 0.3) is 5.91 Å². The van der Waals surface area contributed by atoms with Gasteiger partial charge in [0.15, 0.2) is 9.84 Å². The highest BCUT2D eigenvalue weighted by Gasteiger charge is 2.34. The largest absolute Gasteiger partial charge is 0.453 e. The molecule has 3 aromatic carbocycles. The Morgan fingerprint density at radius 1 is 0.902 bits per heavy atom. The third-order valence-electron chi connectivity index (χ3n) is 9.07. The van der Waals surface area contributed by atoms with Crippen molar-refractivity contribution in [2.45, 2.75) is 38.4 Å². The zero-order chi connectivity index (χ0) is 34.5. The molecule has 4 aromatic rings. The second-order valence-corrected chi connectivity index (χ2v) is 14.8. The summed E-state index contributed by atoms with van der Waals surface area (Å²) in [4.78, 5) is 49.4. The van der Waals surface area contributed by atoms with Gasteiger partial charge >= 0.3 is 6.09 Å². The van der Waals surface area contributed by atoms with E-state index in [2.05, 4.69) is 30.2 Å². The zero-order valence-corrected chi connectivity index (χ0v) is 31.3. The number of nitrogens with one attached hydrogen (secondary N) is 3. The van der Waals surface area contributed by atoms with E-state index in [1.165, 1.54) is 7.11 Å². The molecule has 3 heterocycles. The maximum atomic E-state index is 13.0. The SMILES string of the molecule is COC(=O)N[C@@H](C)C(=O)N1CCC[C@H]1c1ncc(-c2ccc(-c3ccc(C(=O)Nc4ccc(CN5CCS(=O)(=O)CC5)cc4)cc3)cc2)[nH]1.S.S. The number of aromatic amines is 1. The second-order valence-electron chi connectivity index (χ2n) is 12.5. The van der Waals surface area contributed by atoms with E-state index in [1.54, 1.807) is 30.2 Å². The average Bonchev–Trinajstić information content (AvgIpc) is 3.80. The number of H-pyrrole nitrogens is 1. The topological polar surface area (TPSA) is 154 Å². The molecule has 0 radical (unpaired) electrons. The van der Waals surface area contributed by atoms with Crippen LogP contribution in [0.4, 0.5) is 10.5 Å². The molecule has 0 saturated carbocycles. The Morgan fingerprint density at radius 3 is 2.14 bits per heavy atom. The molecule has 12 nitrogen and oxygen atoms in total. The van der Waals surface area contributed by atoms with Gasteiger partial charge in [0.2, 0.25) is 5.91 Å². The smallest absolute Gasteiger partial charge is 0.407 e. The van der Waals surface area contributed by atoms with E-state index in [9.17, 15) is 22.8 Å². The molecule has 0 bridgehead atoms. The lowest BCUT2D eigenvalue weighted by molar-refractivity contribution is -0.134. The van der Waals surface area contributed by atoms with Gasteiger partial charge in [0, 0.05) is 37.4 Å². The van der Waals surface area contributed by atoms with E-state index < -0.39 is 22.0 Å². The van der Waals surface area contributed by atoms with Crippen LogP contribution in [0.15, 0.2) is 79.0 Å². The second kappa shape index (κ2) is 17.3. The standard InChI is InChI=1S/C36H40N6O6S.2H2S/c1-24(38-36(45)48-2)35(44)42-17-3-4-32(42)33-37-22-31(40-33)28-11-7-26(8-12-28)27-9-13-29(14-10-27)34(43)39-30-15-5-25(6-16-30)23-41-18-20-49(46,47)21-19-41;;/h5-16,22,24,32H,3-4,17-21,23H2,1-2H3,(H,37,40)(H,38,45)(H,39,43);2*1H2/t24-,32-;;/m0../s1. The quantitative estimate of drug-likeness (QED) is 0.219. The molecular weight excluding hydrogens is 709 g/mol. The van der Waals surface area contributed by atoms with E-state index in [0.29, 0.717) is 43.3 Å². The first-order valence-electron chi connectivity index (χ1n) is 16.3. The number of aromatic nitrogens is 2. The Labute approximate surface area is 312 Å². The summed E-state index contributed by atoms with van der Waals surface area (Å²) >= 11 is 0. The highest BCUT2D eigenvalue weighted by Crippen LogP contribution is 2.32. The summed E-state index contributed by atoms with van der Waals surface area (Å²) in [5.74, 6) is 0.714. The number of ether oxygens (including phenoxy) is 1. The predicted octanol–water partition coefficient (Wildman–Crippen LogP) is 4.86. The molecule has 0 spiro atoms. The van der Waals surface area contributed by atoms with Crippen molar-refractivity contribution in [2.24, 2.45) is 0 Å². The molecule has 2 aliphatic rings. The van der Waals surface area contributed by atoms with Crippen molar-refractivity contribution < 1.29 is 27.5 Å². The van der Waals surface area contributed by atoms with Crippen LogP contribution in [0.1, 0.15) is 47.6 Å². The van der Waals surface area contributed by atoms with Gasteiger partial charge in [-0.3, -0.25) is 14.5 Å². The summed E-state index contributed by atoms with van der Waals surface area (Å²) in [7, 11) is -1.64. The van der Waals surface area contributed by atoms with Crippen LogP contribution in [-0.4, -0.2) is 90.4 Å². The molecule has 2 saturated heterocycles. The molecule has 2 aliphatic heterocycles. The molecule has 0 aliphatic carbocycles. The third-order valence-corrected chi connectivity index (χ3v) is 10.7. The fourth-order valence-electron chi connectivity index (χ4n) is 6.23. The van der Waals surface area contributed by atoms with Gasteiger partial charge < -0.3 is 25.3 Å². The fraction of sp³-hybridized carbons (Fsp3) is 0.333. The number of carbonyl (C=O) groups is 3. The summed E-state index contributed by atoms with van der Waals surface area (Å²) in [6.07, 6.45) is 2.75. The maximum absolute atomic E-state index is 13.0. The van der Waals surface area contributed by atoms with Gasteiger partial charge in [-0.1, -0.05) is 48.5 Å². The van der Waals surface area contributed by atoms with Crippen molar-refractivity contribution in [3.8, 4) is 22.4 Å². The number of nitrogens with zero attached hydrogens (tertiary/aromatic N) is 3. The van der Waals surface area contributed by atoms with Crippen molar-refractivity contribution in [1.82, 2.24) is 25.1 Å². The molecule has 3 N–H and O–H groups in total. The number of anilines is 1. The van der Waals surface area contributed by atoms with Crippen molar-refractivity contribution in [3.63, 3.8) is 0 Å². The highest BCUT2D eigenvalue weighted by molar-refractivity contribution is 7.91. The maximum Gasteiger partial charge on any atom is 0.407 e. The molecule has 15 heteroatoms. The number of rotatable bonds is 9. The number of carbonyl (C=O) groups excluding carboxylic acids is 3. The van der Waals surface area contributed by atoms with Crippen LogP contribution in [0.3, 0.4) is 0 Å². The van der Waals surface area contributed by atoms with Crippen LogP contribution < -0.4 is 10.6 Å². The number of hydrogen-bond donors (Lipinski definition) is 3. The average molecular weight is 753 g/mol. The van der Waals surface area contributed by atoms with E-state index in [0.717, 1.165) is 40.8 Å². The molecule has 51 heavy (non-hydrogen) atoms. The lowest BCUT2D eigenvalue weighted by Gasteiger charge is -2.26. The van der Waals surface area contributed by atoms with Crippen molar-refractivity contribution >= 4 is 60.4 Å². The molecule has 272 valence electrons. The van der Waals surface area contributed by atoms with Crippen LogP contribution in [0, 0.1) is 0 Å². The summed E-state index contributed by atoms with van der Waals surface area (Å²) < 4.78 is 28.0. The van der Waals surface area contributed by atoms with Crippen LogP contribution in [-0.2, 0) is 25.9 Å². The van der Waals surface area contributed by atoms with Crippen LogP contribution in [0.2, 0.25) is 0 Å². The van der Waals surface area contributed by atoms with Gasteiger partial charge in [-0.15, -0.1) is 0 Å². The Morgan fingerprint density at radius 2 is 1.51 bits per heavy atom. The summed E-state index contributed by atoms with van der Waals surface area (Å²) in [6, 6.07) is 22.2. The molecule has 6 rings (SSSR count). The van der Waals surface area contributed by atoms with Crippen LogP contribution >= 0.6 is 27.0 Å². The van der Waals surface area contributed by atoms with E-state index >= 15 is 0 Å². The summed E-state index contributed by atoms with van der Waals surface area (Å²) in [6.45, 7) is 3.98. The van der Waals surface area contributed by atoms with Crippen molar-refractivity contribution in [2.75, 3.05) is 43.6 Å². The van der Waals surface area contributed by atoms with Gasteiger partial charge in [-0.05, 0) is 66.3 Å². The monoisotopic (exact) mass is 752 g/mol. The normalized spacial score (nSPS) is 17.4. The highest BCUT2D eigenvalue weighted by atomic mass is 32.2. The lowest BCUT2D eigenvalue weighted by atomic mass is 10.0. The van der Waals surface area contributed by atoms with Gasteiger partial charge in [0.1, 0.15) is 11.9 Å². The Hall–Kier alpha value is -4.31.